The number of nitrogens with two attached hydrogens (primary N) is 1. The normalized spacial score (nSPS) is 10.2. The van der Waals surface area contributed by atoms with Gasteiger partial charge in [0, 0.05) is 17.4 Å². The van der Waals surface area contributed by atoms with Crippen LogP contribution in [0, 0.1) is 5.82 Å². The lowest BCUT2D eigenvalue weighted by atomic mass is 10.3. The van der Waals surface area contributed by atoms with E-state index in [0.717, 1.165) is 6.07 Å². The number of benzene rings is 2. The zero-order valence-electron chi connectivity index (χ0n) is 10.7. The number of nitrogens with one attached hydrogen (secondary N) is 1. The van der Waals surface area contributed by atoms with Gasteiger partial charge in [-0.3, -0.25) is 4.79 Å². The first-order chi connectivity index (χ1) is 9.95. The van der Waals surface area contributed by atoms with Crippen LogP contribution in [0.4, 0.5) is 15.8 Å². The number of nitrogen functional groups attached to an aromatic ring is 1. The van der Waals surface area contributed by atoms with Crippen molar-refractivity contribution in [3.63, 3.8) is 0 Å². The Hall–Kier alpha value is -1.79. The molecule has 0 unspecified atom stereocenters. The van der Waals surface area contributed by atoms with E-state index in [1.54, 1.807) is 24.3 Å². The number of carbonyl (C=O) groups excluding carboxylic acids is 1. The van der Waals surface area contributed by atoms with E-state index in [9.17, 15) is 9.18 Å². The summed E-state index contributed by atoms with van der Waals surface area (Å²) < 4.78 is 19.0. The molecule has 3 N–H and O–H groups in total. The van der Waals surface area contributed by atoms with Gasteiger partial charge in [-0.1, -0.05) is 11.6 Å². The molecule has 0 saturated heterocycles. The number of rotatable bonds is 4. The first kappa shape index (κ1) is 15.6. The molecule has 0 fully saturated rings. The molecule has 0 aromatic heterocycles. The van der Waals surface area contributed by atoms with Crippen molar-refractivity contribution in [3.05, 3.63) is 51.7 Å². The third kappa shape index (κ3) is 4.34. The summed E-state index contributed by atoms with van der Waals surface area (Å²) in [7, 11) is 0. The predicted molar refractivity (Wildman–Crippen MR) is 84.1 cm³/mol. The van der Waals surface area contributed by atoms with Gasteiger partial charge >= 0.3 is 0 Å². The van der Waals surface area contributed by atoms with Crippen molar-refractivity contribution in [3.8, 4) is 5.75 Å². The molecule has 4 nitrogen and oxygen atoms in total. The lowest BCUT2D eigenvalue weighted by Gasteiger charge is -2.09. The number of anilines is 2. The molecule has 0 heterocycles. The Balaban J connectivity index is 1.95. The molecule has 21 heavy (non-hydrogen) atoms. The average molecular weight is 374 g/mol. The Bertz CT molecular complexity index is 665. The third-order valence-corrected chi connectivity index (χ3v) is 3.44. The number of carbonyl (C=O) groups is 1. The fraction of sp³-hybridized carbons (Fsp3) is 0.0714. The number of ether oxygens (including phenoxy) is 1. The second-order valence-electron chi connectivity index (χ2n) is 4.16. The molecule has 0 saturated carbocycles. The van der Waals surface area contributed by atoms with Crippen molar-refractivity contribution in [2.45, 2.75) is 0 Å². The predicted octanol–water partition coefficient (Wildman–Crippen LogP) is 3.84. The van der Waals surface area contributed by atoms with Crippen LogP contribution in [0.1, 0.15) is 0 Å². The van der Waals surface area contributed by atoms with Gasteiger partial charge in [0.25, 0.3) is 5.91 Å². The fourth-order valence-corrected chi connectivity index (χ4v) is 2.28. The minimum atomic E-state index is -0.617. The van der Waals surface area contributed by atoms with Crippen LogP contribution in [-0.4, -0.2) is 12.5 Å². The molecule has 2 rings (SSSR count). The van der Waals surface area contributed by atoms with Crippen molar-refractivity contribution in [1.82, 2.24) is 0 Å². The Labute approximate surface area is 134 Å². The van der Waals surface area contributed by atoms with Crippen LogP contribution < -0.4 is 15.8 Å². The molecule has 0 aliphatic carbocycles. The Kier molecular flexibility index (Phi) is 5.03. The van der Waals surface area contributed by atoms with E-state index in [1.807, 2.05) is 0 Å². The van der Waals surface area contributed by atoms with Crippen LogP contribution in [-0.2, 0) is 4.79 Å². The van der Waals surface area contributed by atoms with Crippen molar-refractivity contribution in [2.24, 2.45) is 0 Å². The summed E-state index contributed by atoms with van der Waals surface area (Å²) in [6.45, 7) is -0.260. The average Bonchev–Trinajstić information content (AvgIpc) is 2.44. The van der Waals surface area contributed by atoms with E-state index in [1.165, 1.54) is 6.07 Å². The second-order valence-corrected chi connectivity index (χ2v) is 5.42. The fourth-order valence-electron chi connectivity index (χ4n) is 1.52. The van der Waals surface area contributed by atoms with Gasteiger partial charge in [0.05, 0.1) is 9.50 Å². The first-order valence-electron chi connectivity index (χ1n) is 5.88. The number of amides is 1. The van der Waals surface area contributed by atoms with Crippen LogP contribution in [0.5, 0.6) is 5.75 Å². The summed E-state index contributed by atoms with van der Waals surface area (Å²) in [6.07, 6.45) is 0. The molecule has 0 aliphatic heterocycles. The lowest BCUT2D eigenvalue weighted by Crippen LogP contribution is -2.20. The van der Waals surface area contributed by atoms with Gasteiger partial charge in [-0.15, -0.1) is 0 Å². The molecule has 110 valence electrons. The molecule has 7 heteroatoms. The molecule has 0 atom stereocenters. The van der Waals surface area contributed by atoms with E-state index < -0.39 is 5.82 Å². The van der Waals surface area contributed by atoms with Gasteiger partial charge in [0.1, 0.15) is 11.6 Å². The van der Waals surface area contributed by atoms with Gasteiger partial charge in [-0.05, 0) is 46.3 Å². The summed E-state index contributed by atoms with van der Waals surface area (Å²) in [5.74, 6) is -0.791. The molecule has 2 aromatic rings. The van der Waals surface area contributed by atoms with Gasteiger partial charge in [0.15, 0.2) is 6.61 Å². The maximum absolute atomic E-state index is 13.3. The Morgan fingerprint density at radius 2 is 2.00 bits per heavy atom. The standard InChI is InChI=1S/C14H11BrClFN2O2/c15-10-5-11(16)12(17)6-13(10)21-7-14(20)19-9-3-1-8(18)2-4-9/h1-6H,7,18H2,(H,19,20). The summed E-state index contributed by atoms with van der Waals surface area (Å²) in [4.78, 5) is 11.7. The van der Waals surface area contributed by atoms with Crippen LogP contribution in [0.3, 0.4) is 0 Å². The molecule has 0 radical (unpaired) electrons. The Morgan fingerprint density at radius 1 is 1.33 bits per heavy atom. The highest BCUT2D eigenvalue weighted by Crippen LogP contribution is 2.30. The number of hydrogen-bond acceptors (Lipinski definition) is 3. The molecule has 0 spiro atoms. The zero-order valence-corrected chi connectivity index (χ0v) is 13.0. The third-order valence-electron chi connectivity index (χ3n) is 2.53. The molecule has 1 amide bonds. The monoisotopic (exact) mass is 372 g/mol. The van der Waals surface area contributed by atoms with E-state index in [2.05, 4.69) is 21.2 Å². The summed E-state index contributed by atoms with van der Waals surface area (Å²) in [5.41, 5.74) is 6.74. The number of hydrogen-bond donors (Lipinski definition) is 2. The van der Waals surface area contributed by atoms with Gasteiger partial charge < -0.3 is 15.8 Å². The van der Waals surface area contributed by atoms with E-state index in [-0.39, 0.29) is 23.3 Å². The van der Waals surface area contributed by atoms with Gasteiger partial charge in [0.2, 0.25) is 0 Å². The molecular weight excluding hydrogens is 363 g/mol. The van der Waals surface area contributed by atoms with Crippen molar-refractivity contribution in [1.29, 1.82) is 0 Å². The SMILES string of the molecule is Nc1ccc(NC(=O)COc2cc(F)c(Cl)cc2Br)cc1. The highest BCUT2D eigenvalue weighted by atomic mass is 79.9. The van der Waals surface area contributed by atoms with E-state index >= 15 is 0 Å². The minimum Gasteiger partial charge on any atom is -0.482 e. The van der Waals surface area contributed by atoms with E-state index in [4.69, 9.17) is 22.1 Å². The smallest absolute Gasteiger partial charge is 0.262 e. The first-order valence-corrected chi connectivity index (χ1v) is 7.05. The van der Waals surface area contributed by atoms with Crippen LogP contribution in [0.25, 0.3) is 0 Å². The highest BCUT2D eigenvalue weighted by Gasteiger charge is 2.10. The summed E-state index contributed by atoms with van der Waals surface area (Å²) in [6, 6.07) is 9.16. The van der Waals surface area contributed by atoms with Gasteiger partial charge in [-0.25, -0.2) is 4.39 Å². The lowest BCUT2D eigenvalue weighted by molar-refractivity contribution is -0.118. The molecule has 2 aromatic carbocycles. The molecule has 0 bridgehead atoms. The maximum atomic E-state index is 13.3. The summed E-state index contributed by atoms with van der Waals surface area (Å²) in [5, 5.41) is 2.60. The van der Waals surface area contributed by atoms with Crippen molar-refractivity contribution >= 4 is 44.8 Å². The summed E-state index contributed by atoms with van der Waals surface area (Å²) >= 11 is 8.80. The quantitative estimate of drug-likeness (QED) is 0.632. The van der Waals surface area contributed by atoms with Crippen molar-refractivity contribution < 1.29 is 13.9 Å². The van der Waals surface area contributed by atoms with Crippen LogP contribution in [0.2, 0.25) is 5.02 Å². The minimum absolute atomic E-state index is 0.0273. The second kappa shape index (κ2) is 6.78. The van der Waals surface area contributed by atoms with Crippen LogP contribution in [0.15, 0.2) is 40.9 Å². The van der Waals surface area contributed by atoms with E-state index in [0.29, 0.717) is 15.8 Å². The largest absolute Gasteiger partial charge is 0.482 e. The Morgan fingerprint density at radius 3 is 2.67 bits per heavy atom. The number of halogens is 3. The topological polar surface area (TPSA) is 64.3 Å². The molecule has 0 aliphatic rings. The highest BCUT2D eigenvalue weighted by molar-refractivity contribution is 9.10. The zero-order chi connectivity index (χ0) is 15.4. The van der Waals surface area contributed by atoms with Crippen molar-refractivity contribution in [2.75, 3.05) is 17.7 Å². The maximum Gasteiger partial charge on any atom is 0.262 e. The van der Waals surface area contributed by atoms with Crippen LogP contribution >= 0.6 is 27.5 Å². The molecular formula is C14H11BrClFN2O2. The van der Waals surface area contributed by atoms with Gasteiger partial charge in [-0.2, -0.15) is 0 Å².